The van der Waals surface area contributed by atoms with E-state index in [4.69, 9.17) is 16.3 Å². The fourth-order valence-corrected chi connectivity index (χ4v) is 2.97. The molecule has 0 spiro atoms. The number of nitrogens with one attached hydrogen (secondary N) is 2. The average molecular weight is 409 g/mol. The summed E-state index contributed by atoms with van der Waals surface area (Å²) in [5, 5.41) is 7.01. The number of hydrogen-bond acceptors (Lipinski definition) is 3. The van der Waals surface area contributed by atoms with E-state index in [1.165, 1.54) is 5.56 Å². The molecule has 0 aromatic heterocycles. The lowest BCUT2D eigenvalue weighted by Crippen LogP contribution is -2.20. The van der Waals surface area contributed by atoms with Crippen LogP contribution in [0.3, 0.4) is 0 Å². The lowest BCUT2D eigenvalue weighted by atomic mass is 10.1. The highest BCUT2D eigenvalue weighted by molar-refractivity contribution is 6.30. The fourth-order valence-electron chi connectivity index (χ4n) is 2.84. The van der Waals surface area contributed by atoms with Crippen molar-refractivity contribution >= 4 is 23.2 Å². The second kappa shape index (κ2) is 10.6. The molecule has 0 fully saturated rings. The van der Waals surface area contributed by atoms with E-state index in [0.717, 1.165) is 41.3 Å². The molecule has 29 heavy (non-hydrogen) atoms. The predicted octanol–water partition coefficient (Wildman–Crippen LogP) is 5.00. The summed E-state index contributed by atoms with van der Waals surface area (Å²) >= 11 is 5.91. The Balaban J connectivity index is 1.41. The molecule has 1 amide bonds. The highest BCUT2D eigenvalue weighted by Crippen LogP contribution is 2.14. The van der Waals surface area contributed by atoms with Gasteiger partial charge >= 0.3 is 0 Å². The number of amides is 1. The van der Waals surface area contributed by atoms with Crippen LogP contribution in [-0.2, 0) is 17.8 Å². The summed E-state index contributed by atoms with van der Waals surface area (Å²) in [6.07, 6.45) is 0.937. The van der Waals surface area contributed by atoms with Gasteiger partial charge in [0.15, 0.2) is 6.61 Å². The maximum Gasteiger partial charge on any atom is 0.262 e. The molecule has 5 heteroatoms. The molecule has 0 saturated carbocycles. The van der Waals surface area contributed by atoms with Crippen LogP contribution in [0.25, 0.3) is 0 Å². The van der Waals surface area contributed by atoms with E-state index in [1.54, 1.807) is 0 Å². The largest absolute Gasteiger partial charge is 0.484 e. The Kier molecular flexibility index (Phi) is 7.68. The molecule has 3 rings (SSSR count). The highest BCUT2D eigenvalue weighted by Gasteiger charge is 2.04. The first-order chi connectivity index (χ1) is 14.1. The predicted molar refractivity (Wildman–Crippen MR) is 119 cm³/mol. The summed E-state index contributed by atoms with van der Waals surface area (Å²) in [5.74, 6) is 0.501. The lowest BCUT2D eigenvalue weighted by molar-refractivity contribution is -0.118. The molecule has 150 valence electrons. The maximum absolute atomic E-state index is 12.1. The minimum atomic E-state index is -0.180. The molecule has 2 N–H and O–H groups in total. The second-order valence-corrected chi connectivity index (χ2v) is 7.34. The summed E-state index contributed by atoms with van der Waals surface area (Å²) in [6.45, 7) is 3.58. The Morgan fingerprint density at radius 1 is 0.966 bits per heavy atom. The van der Waals surface area contributed by atoms with Crippen molar-refractivity contribution in [2.45, 2.75) is 19.9 Å². The number of rotatable bonds is 9. The molecule has 0 unspecified atom stereocenters. The van der Waals surface area contributed by atoms with Crippen molar-refractivity contribution in [1.29, 1.82) is 0 Å². The number of carbonyl (C=O) groups excluding carboxylic acids is 1. The zero-order valence-corrected chi connectivity index (χ0v) is 17.2. The smallest absolute Gasteiger partial charge is 0.262 e. The van der Waals surface area contributed by atoms with Crippen LogP contribution >= 0.6 is 11.6 Å². The van der Waals surface area contributed by atoms with Crippen LogP contribution in [0.2, 0.25) is 5.02 Å². The zero-order chi connectivity index (χ0) is 20.5. The van der Waals surface area contributed by atoms with Crippen LogP contribution in [0.1, 0.15) is 16.7 Å². The molecular formula is C24H25ClN2O2. The van der Waals surface area contributed by atoms with E-state index in [2.05, 4.69) is 10.6 Å². The summed E-state index contributed by atoms with van der Waals surface area (Å²) in [6, 6.07) is 23.4. The van der Waals surface area contributed by atoms with Crippen molar-refractivity contribution in [1.82, 2.24) is 5.32 Å². The highest BCUT2D eigenvalue weighted by atomic mass is 35.5. The Morgan fingerprint density at radius 2 is 1.72 bits per heavy atom. The Morgan fingerprint density at radius 3 is 2.48 bits per heavy atom. The second-order valence-electron chi connectivity index (χ2n) is 6.90. The van der Waals surface area contributed by atoms with Gasteiger partial charge in [0.1, 0.15) is 5.75 Å². The van der Waals surface area contributed by atoms with Gasteiger partial charge in [-0.3, -0.25) is 4.79 Å². The van der Waals surface area contributed by atoms with Crippen molar-refractivity contribution in [3.05, 3.63) is 94.5 Å². The van der Waals surface area contributed by atoms with Crippen molar-refractivity contribution in [2.24, 2.45) is 0 Å². The molecule has 0 aliphatic heterocycles. The third-order valence-electron chi connectivity index (χ3n) is 4.44. The zero-order valence-electron chi connectivity index (χ0n) is 16.5. The van der Waals surface area contributed by atoms with Crippen LogP contribution in [0.5, 0.6) is 5.75 Å². The van der Waals surface area contributed by atoms with Crippen LogP contribution in [-0.4, -0.2) is 19.1 Å². The monoisotopic (exact) mass is 408 g/mol. The average Bonchev–Trinajstić information content (AvgIpc) is 2.73. The van der Waals surface area contributed by atoms with Gasteiger partial charge in [0, 0.05) is 17.3 Å². The Hall–Kier alpha value is -2.82. The molecule has 0 saturated heterocycles. The van der Waals surface area contributed by atoms with E-state index < -0.39 is 0 Å². The van der Waals surface area contributed by atoms with Gasteiger partial charge in [-0.05, 0) is 67.4 Å². The van der Waals surface area contributed by atoms with Gasteiger partial charge in [0.2, 0.25) is 0 Å². The number of ether oxygens (including phenoxy) is 1. The molecule has 0 bridgehead atoms. The van der Waals surface area contributed by atoms with Gasteiger partial charge in [0.05, 0.1) is 0 Å². The molecule has 0 atom stereocenters. The number of hydrogen-bond donors (Lipinski definition) is 2. The van der Waals surface area contributed by atoms with Crippen LogP contribution < -0.4 is 15.4 Å². The first-order valence-corrected chi connectivity index (χ1v) is 10.00. The molecule has 3 aromatic carbocycles. The Bertz CT molecular complexity index is 924. The van der Waals surface area contributed by atoms with Crippen molar-refractivity contribution < 1.29 is 9.53 Å². The van der Waals surface area contributed by atoms with Crippen LogP contribution in [0.4, 0.5) is 5.69 Å². The molecule has 3 aromatic rings. The van der Waals surface area contributed by atoms with Crippen LogP contribution in [0.15, 0.2) is 72.8 Å². The van der Waals surface area contributed by atoms with Gasteiger partial charge in [-0.2, -0.15) is 0 Å². The quantitative estimate of drug-likeness (QED) is 0.490. The number of carbonyl (C=O) groups is 1. The van der Waals surface area contributed by atoms with Crippen molar-refractivity contribution in [3.8, 4) is 5.75 Å². The fraction of sp³-hybridized carbons (Fsp3) is 0.208. The summed E-state index contributed by atoms with van der Waals surface area (Å²) < 4.78 is 5.64. The van der Waals surface area contributed by atoms with E-state index in [9.17, 15) is 4.79 Å². The molecule has 0 aliphatic rings. The minimum Gasteiger partial charge on any atom is -0.484 e. The third-order valence-corrected chi connectivity index (χ3v) is 4.69. The van der Waals surface area contributed by atoms with E-state index in [1.807, 2.05) is 79.7 Å². The minimum absolute atomic E-state index is 0.0265. The lowest BCUT2D eigenvalue weighted by Gasteiger charge is -2.10. The van der Waals surface area contributed by atoms with Crippen molar-refractivity contribution in [2.75, 3.05) is 18.5 Å². The van der Waals surface area contributed by atoms with Gasteiger partial charge in [-0.15, -0.1) is 0 Å². The molecule has 0 heterocycles. The first-order valence-electron chi connectivity index (χ1n) is 9.62. The summed E-state index contributed by atoms with van der Waals surface area (Å²) in [5.41, 5.74) is 4.27. The number of halogens is 1. The standard InChI is InChI=1S/C24H25ClN2O2/c1-18-5-11-22(12-6-18)27-24(28)17-29-23-4-2-3-20(15-23)16-26-14-13-19-7-9-21(25)10-8-19/h2-12,15,26H,13-14,16-17H2,1H3,(H,27,28). The molecule has 0 radical (unpaired) electrons. The van der Waals surface area contributed by atoms with Crippen molar-refractivity contribution in [3.63, 3.8) is 0 Å². The van der Waals surface area contributed by atoms with E-state index >= 15 is 0 Å². The topological polar surface area (TPSA) is 50.4 Å². The number of aryl methyl sites for hydroxylation is 1. The van der Waals surface area contributed by atoms with Gasteiger partial charge < -0.3 is 15.4 Å². The first kappa shape index (κ1) is 20.9. The molecule has 4 nitrogen and oxygen atoms in total. The van der Waals surface area contributed by atoms with Gasteiger partial charge in [0.25, 0.3) is 5.91 Å². The Labute approximate surface area is 176 Å². The van der Waals surface area contributed by atoms with E-state index in [-0.39, 0.29) is 12.5 Å². The normalized spacial score (nSPS) is 10.6. The molecule has 0 aliphatic carbocycles. The summed E-state index contributed by atoms with van der Waals surface area (Å²) in [4.78, 5) is 12.1. The van der Waals surface area contributed by atoms with Gasteiger partial charge in [-0.25, -0.2) is 0 Å². The third kappa shape index (κ3) is 7.26. The van der Waals surface area contributed by atoms with E-state index in [0.29, 0.717) is 5.75 Å². The van der Waals surface area contributed by atoms with Crippen LogP contribution in [0, 0.1) is 6.92 Å². The SMILES string of the molecule is Cc1ccc(NC(=O)COc2cccc(CNCCc3ccc(Cl)cc3)c2)cc1. The summed E-state index contributed by atoms with van der Waals surface area (Å²) in [7, 11) is 0. The maximum atomic E-state index is 12.1. The number of benzene rings is 3. The van der Waals surface area contributed by atoms with Gasteiger partial charge in [-0.1, -0.05) is 53.6 Å². The molecular weight excluding hydrogens is 384 g/mol. The number of anilines is 1.